The van der Waals surface area contributed by atoms with Gasteiger partial charge in [0.1, 0.15) is 5.82 Å². The van der Waals surface area contributed by atoms with Crippen LogP contribution in [0.2, 0.25) is 0 Å². The molecule has 1 heterocycles. The Kier molecular flexibility index (Phi) is 3.40. The first kappa shape index (κ1) is 11.6. The van der Waals surface area contributed by atoms with Crippen LogP contribution in [0, 0.1) is 11.3 Å². The van der Waals surface area contributed by atoms with E-state index < -0.39 is 0 Å². The monoisotopic (exact) mass is 229 g/mol. The molecule has 0 fully saturated rings. The van der Waals surface area contributed by atoms with Gasteiger partial charge in [-0.25, -0.2) is 4.98 Å². The second-order valence-corrected chi connectivity index (χ2v) is 4.03. The Morgan fingerprint density at radius 1 is 1.47 bits per heavy atom. The van der Waals surface area contributed by atoms with Crippen LogP contribution in [0.1, 0.15) is 18.8 Å². The minimum Gasteiger partial charge on any atom is -0.383 e. The van der Waals surface area contributed by atoms with Gasteiger partial charge in [-0.15, -0.1) is 0 Å². The topological polar surface area (TPSA) is 50.8 Å². The molecule has 0 saturated heterocycles. The quantitative estimate of drug-likeness (QED) is 0.808. The average Bonchev–Trinajstić information content (AvgIpc) is 2.67. The molecule has 1 unspecified atom stereocenters. The van der Waals surface area contributed by atoms with E-state index in [0.29, 0.717) is 13.0 Å². The van der Waals surface area contributed by atoms with Gasteiger partial charge in [0, 0.05) is 7.11 Å². The minimum atomic E-state index is 0.177. The summed E-state index contributed by atoms with van der Waals surface area (Å²) >= 11 is 0. The summed E-state index contributed by atoms with van der Waals surface area (Å²) in [5.41, 5.74) is 1.99. The Bertz CT molecular complexity index is 553. The second-order valence-electron chi connectivity index (χ2n) is 4.03. The zero-order valence-corrected chi connectivity index (χ0v) is 10.1. The number of nitrogens with zero attached hydrogens (tertiary/aromatic N) is 3. The predicted octanol–water partition coefficient (Wildman–Crippen LogP) is 2.31. The van der Waals surface area contributed by atoms with Crippen LogP contribution < -0.4 is 0 Å². The average molecular weight is 229 g/mol. The van der Waals surface area contributed by atoms with Gasteiger partial charge in [0.05, 0.1) is 36.2 Å². The largest absolute Gasteiger partial charge is 0.383 e. The van der Waals surface area contributed by atoms with Crippen LogP contribution in [-0.4, -0.2) is 23.3 Å². The molecule has 1 aromatic heterocycles. The molecule has 1 atom stereocenters. The molecule has 4 heteroatoms. The Balaban J connectivity index is 2.56. The summed E-state index contributed by atoms with van der Waals surface area (Å²) in [5.74, 6) is 0.804. The maximum atomic E-state index is 8.85. The van der Waals surface area contributed by atoms with Crippen molar-refractivity contribution in [3.05, 3.63) is 30.1 Å². The van der Waals surface area contributed by atoms with E-state index in [2.05, 4.69) is 22.5 Å². The van der Waals surface area contributed by atoms with Crippen LogP contribution in [0.4, 0.5) is 0 Å². The third-order valence-electron chi connectivity index (χ3n) is 2.75. The van der Waals surface area contributed by atoms with Crippen molar-refractivity contribution in [3.63, 3.8) is 0 Å². The number of para-hydroxylation sites is 2. The molecule has 17 heavy (non-hydrogen) atoms. The van der Waals surface area contributed by atoms with Gasteiger partial charge in [0.25, 0.3) is 0 Å². The van der Waals surface area contributed by atoms with E-state index in [1.807, 2.05) is 24.3 Å². The van der Waals surface area contributed by atoms with Crippen LogP contribution >= 0.6 is 0 Å². The van der Waals surface area contributed by atoms with E-state index in [9.17, 15) is 0 Å². The van der Waals surface area contributed by atoms with Crippen LogP contribution in [0.15, 0.2) is 24.3 Å². The maximum Gasteiger partial charge on any atom is 0.124 e. The molecule has 88 valence electrons. The molecule has 4 nitrogen and oxygen atoms in total. The lowest BCUT2D eigenvalue weighted by molar-refractivity contribution is 0.162. The Morgan fingerprint density at radius 3 is 2.94 bits per heavy atom. The van der Waals surface area contributed by atoms with Crippen molar-refractivity contribution in [1.29, 1.82) is 5.26 Å². The normalized spacial score (nSPS) is 12.5. The molecule has 0 radical (unpaired) electrons. The lowest BCUT2D eigenvalue weighted by atomic mass is 10.2. The molecule has 0 bridgehead atoms. The van der Waals surface area contributed by atoms with Crippen LogP contribution in [0.25, 0.3) is 11.0 Å². The molecule has 1 aromatic carbocycles. The number of nitriles is 1. The number of imidazole rings is 1. The van der Waals surface area contributed by atoms with Crippen molar-refractivity contribution in [2.24, 2.45) is 0 Å². The minimum absolute atomic E-state index is 0.177. The fraction of sp³-hybridized carbons (Fsp3) is 0.385. The summed E-state index contributed by atoms with van der Waals surface area (Å²) in [7, 11) is 1.68. The highest BCUT2D eigenvalue weighted by Gasteiger charge is 2.14. The van der Waals surface area contributed by atoms with E-state index >= 15 is 0 Å². The molecule has 0 aliphatic carbocycles. The number of ether oxygens (including phenoxy) is 1. The lowest BCUT2D eigenvalue weighted by Crippen LogP contribution is -2.13. The van der Waals surface area contributed by atoms with Crippen molar-refractivity contribution < 1.29 is 4.74 Å². The summed E-state index contributed by atoms with van der Waals surface area (Å²) in [4.78, 5) is 4.49. The van der Waals surface area contributed by atoms with Crippen molar-refractivity contribution in [2.45, 2.75) is 19.4 Å². The Morgan fingerprint density at radius 2 is 2.24 bits per heavy atom. The van der Waals surface area contributed by atoms with Gasteiger partial charge < -0.3 is 9.30 Å². The van der Waals surface area contributed by atoms with Crippen molar-refractivity contribution >= 4 is 11.0 Å². The standard InChI is InChI=1S/C13H15N3O/c1-10(9-17-2)16-12-6-4-3-5-11(12)15-13(16)7-8-14/h3-6,10H,7,9H2,1-2H3. The SMILES string of the molecule is COCC(C)n1c(CC#N)nc2ccccc21. The van der Waals surface area contributed by atoms with Crippen molar-refractivity contribution in [1.82, 2.24) is 9.55 Å². The van der Waals surface area contributed by atoms with Gasteiger partial charge in [-0.1, -0.05) is 12.1 Å². The van der Waals surface area contributed by atoms with Crippen molar-refractivity contribution in [3.8, 4) is 6.07 Å². The fourth-order valence-corrected chi connectivity index (χ4v) is 2.10. The van der Waals surface area contributed by atoms with Gasteiger partial charge in [0.2, 0.25) is 0 Å². The lowest BCUT2D eigenvalue weighted by Gasteiger charge is -2.15. The highest BCUT2D eigenvalue weighted by atomic mass is 16.5. The van der Waals surface area contributed by atoms with E-state index in [0.717, 1.165) is 16.9 Å². The van der Waals surface area contributed by atoms with Crippen LogP contribution in [0.5, 0.6) is 0 Å². The molecule has 0 saturated carbocycles. The van der Waals surface area contributed by atoms with Gasteiger partial charge in [0.15, 0.2) is 0 Å². The van der Waals surface area contributed by atoms with E-state index in [1.54, 1.807) is 7.11 Å². The number of benzene rings is 1. The molecule has 0 spiro atoms. The van der Waals surface area contributed by atoms with Gasteiger partial charge in [-0.3, -0.25) is 0 Å². The smallest absolute Gasteiger partial charge is 0.124 e. The number of methoxy groups -OCH3 is 1. The molecular formula is C13H15N3O. The van der Waals surface area contributed by atoms with E-state index in [4.69, 9.17) is 10.00 Å². The molecule has 2 rings (SSSR count). The molecule has 2 aromatic rings. The van der Waals surface area contributed by atoms with Crippen LogP contribution in [0.3, 0.4) is 0 Å². The number of fused-ring (bicyclic) bond motifs is 1. The van der Waals surface area contributed by atoms with Crippen molar-refractivity contribution in [2.75, 3.05) is 13.7 Å². The Labute approximate surface area is 100 Å². The molecule has 0 N–H and O–H groups in total. The van der Waals surface area contributed by atoms with E-state index in [1.165, 1.54) is 0 Å². The summed E-state index contributed by atoms with van der Waals surface area (Å²) in [5, 5.41) is 8.85. The van der Waals surface area contributed by atoms with E-state index in [-0.39, 0.29) is 6.04 Å². The summed E-state index contributed by atoms with van der Waals surface area (Å²) in [6.45, 7) is 2.68. The van der Waals surface area contributed by atoms with Gasteiger partial charge in [-0.2, -0.15) is 5.26 Å². The summed E-state index contributed by atoms with van der Waals surface area (Å²) < 4.78 is 7.26. The maximum absolute atomic E-state index is 8.85. The first-order chi connectivity index (χ1) is 8.27. The predicted molar refractivity (Wildman–Crippen MR) is 65.6 cm³/mol. The van der Waals surface area contributed by atoms with Gasteiger partial charge in [-0.05, 0) is 19.1 Å². The number of hydrogen-bond acceptors (Lipinski definition) is 3. The first-order valence-electron chi connectivity index (χ1n) is 5.59. The summed E-state index contributed by atoms with van der Waals surface area (Å²) in [6.07, 6.45) is 0.322. The fourth-order valence-electron chi connectivity index (χ4n) is 2.10. The highest BCUT2D eigenvalue weighted by molar-refractivity contribution is 5.76. The zero-order chi connectivity index (χ0) is 12.3. The second kappa shape index (κ2) is 4.98. The molecule has 0 aliphatic rings. The number of hydrogen-bond donors (Lipinski definition) is 0. The zero-order valence-electron chi connectivity index (χ0n) is 10.1. The third kappa shape index (κ3) is 2.15. The van der Waals surface area contributed by atoms with Gasteiger partial charge >= 0.3 is 0 Å². The molecule has 0 aliphatic heterocycles. The summed E-state index contributed by atoms with van der Waals surface area (Å²) in [6, 6.07) is 10.3. The molecular weight excluding hydrogens is 214 g/mol. The number of rotatable bonds is 4. The molecule has 0 amide bonds. The third-order valence-corrected chi connectivity index (χ3v) is 2.75. The number of aromatic nitrogens is 2. The van der Waals surface area contributed by atoms with Crippen LogP contribution in [-0.2, 0) is 11.2 Å². The Hall–Kier alpha value is -1.86. The first-order valence-corrected chi connectivity index (χ1v) is 5.59. The highest BCUT2D eigenvalue weighted by Crippen LogP contribution is 2.21.